The van der Waals surface area contributed by atoms with Crippen molar-refractivity contribution in [2.24, 2.45) is 7.05 Å². The largest absolute Gasteiger partial charge is 0.461 e. The number of hydrogen-bond donors (Lipinski definition) is 0. The Kier molecular flexibility index (Phi) is 5.03. The van der Waals surface area contributed by atoms with E-state index in [-0.39, 0.29) is 31.1 Å². The topological polar surface area (TPSA) is 79.0 Å². The van der Waals surface area contributed by atoms with Gasteiger partial charge in [-0.1, -0.05) is 36.4 Å². The minimum absolute atomic E-state index is 0.104. The van der Waals surface area contributed by atoms with E-state index in [4.69, 9.17) is 4.74 Å². The smallest absolute Gasteiger partial charge is 0.307 e. The van der Waals surface area contributed by atoms with E-state index in [0.717, 1.165) is 5.56 Å². The van der Waals surface area contributed by atoms with Crippen LogP contribution in [0.3, 0.4) is 0 Å². The van der Waals surface area contributed by atoms with E-state index < -0.39 is 0 Å². The first-order valence-corrected chi connectivity index (χ1v) is 7.89. The number of rotatable bonds is 6. The number of carbonyl (C=O) groups excluding carboxylic acids is 1. The predicted octanol–water partition coefficient (Wildman–Crippen LogP) is 1.78. The molecule has 0 amide bonds. The molecule has 0 saturated heterocycles. The molecule has 0 N–H and O–H groups in total. The number of fused-ring (bicyclic) bond motifs is 1. The van der Waals surface area contributed by atoms with Gasteiger partial charge in [-0.15, -0.1) is 0 Å². The first kappa shape index (κ1) is 16.6. The van der Waals surface area contributed by atoms with Gasteiger partial charge in [0.05, 0.1) is 18.9 Å². The molecule has 0 aliphatic rings. The molecule has 7 heteroatoms. The standard InChI is InChI=1S/C18H18N4O3/c1-21-17-15(12-20-21)18(24)22(13-19-17)10-9-16(23)25-11-5-8-14-6-3-2-4-7-14/h2-8,12-13H,9-11H2,1H3/b8-5+. The van der Waals surface area contributed by atoms with Crippen molar-refractivity contribution in [1.29, 1.82) is 0 Å². The summed E-state index contributed by atoms with van der Waals surface area (Å²) in [6.07, 6.45) is 6.68. The highest BCUT2D eigenvalue weighted by atomic mass is 16.5. The van der Waals surface area contributed by atoms with Crippen molar-refractivity contribution in [2.75, 3.05) is 6.61 Å². The molecule has 0 spiro atoms. The maximum absolute atomic E-state index is 12.3. The Balaban J connectivity index is 1.52. The van der Waals surface area contributed by atoms with Crippen LogP contribution in [0.25, 0.3) is 17.1 Å². The van der Waals surface area contributed by atoms with Crippen LogP contribution in [0.2, 0.25) is 0 Å². The van der Waals surface area contributed by atoms with Gasteiger partial charge < -0.3 is 4.74 Å². The molecular weight excluding hydrogens is 320 g/mol. The van der Waals surface area contributed by atoms with Crippen molar-refractivity contribution in [1.82, 2.24) is 19.3 Å². The first-order valence-electron chi connectivity index (χ1n) is 7.89. The predicted molar refractivity (Wildman–Crippen MR) is 93.8 cm³/mol. The second kappa shape index (κ2) is 7.57. The summed E-state index contributed by atoms with van der Waals surface area (Å²) in [7, 11) is 1.72. The Bertz CT molecular complexity index is 957. The number of carbonyl (C=O) groups is 1. The van der Waals surface area contributed by atoms with Crippen molar-refractivity contribution in [3.05, 3.63) is 64.8 Å². The molecule has 0 radical (unpaired) electrons. The number of aromatic nitrogens is 4. The molecule has 0 aliphatic carbocycles. The van der Waals surface area contributed by atoms with Gasteiger partial charge in [-0.2, -0.15) is 5.10 Å². The third-order valence-electron chi connectivity index (χ3n) is 3.73. The average Bonchev–Trinajstić information content (AvgIpc) is 3.01. The number of hydrogen-bond acceptors (Lipinski definition) is 5. The Hall–Kier alpha value is -3.22. The number of nitrogens with zero attached hydrogens (tertiary/aromatic N) is 4. The van der Waals surface area contributed by atoms with Crippen LogP contribution in [-0.4, -0.2) is 31.9 Å². The highest BCUT2D eigenvalue weighted by Crippen LogP contribution is 2.04. The van der Waals surface area contributed by atoms with E-state index in [1.165, 1.54) is 21.8 Å². The SMILES string of the molecule is Cn1ncc2c(=O)n(CCC(=O)OC/C=C/c3ccccc3)cnc21. The molecule has 1 aromatic carbocycles. The van der Waals surface area contributed by atoms with E-state index in [9.17, 15) is 9.59 Å². The van der Waals surface area contributed by atoms with E-state index in [2.05, 4.69) is 10.1 Å². The number of benzene rings is 1. The zero-order valence-corrected chi connectivity index (χ0v) is 13.8. The molecule has 0 unspecified atom stereocenters. The molecule has 0 fully saturated rings. The summed E-state index contributed by atoms with van der Waals surface area (Å²) in [6, 6.07) is 9.75. The molecule has 0 atom stereocenters. The summed E-state index contributed by atoms with van der Waals surface area (Å²) in [5.41, 5.74) is 1.35. The lowest BCUT2D eigenvalue weighted by Gasteiger charge is -2.05. The molecule has 2 heterocycles. The summed E-state index contributed by atoms with van der Waals surface area (Å²) in [5, 5.41) is 4.44. The fourth-order valence-electron chi connectivity index (χ4n) is 2.40. The van der Waals surface area contributed by atoms with Crippen LogP contribution < -0.4 is 5.56 Å². The van der Waals surface area contributed by atoms with E-state index in [1.807, 2.05) is 36.4 Å². The third kappa shape index (κ3) is 4.00. The molecule has 128 valence electrons. The van der Waals surface area contributed by atoms with Crippen LogP contribution in [0, 0.1) is 0 Å². The summed E-state index contributed by atoms with van der Waals surface area (Å²) < 4.78 is 8.07. The minimum atomic E-state index is -0.365. The first-order chi connectivity index (χ1) is 12.1. The van der Waals surface area contributed by atoms with Crippen LogP contribution in [0.1, 0.15) is 12.0 Å². The van der Waals surface area contributed by atoms with Crippen LogP contribution in [0.4, 0.5) is 0 Å². The quantitative estimate of drug-likeness (QED) is 0.640. The lowest BCUT2D eigenvalue weighted by atomic mass is 10.2. The maximum atomic E-state index is 12.3. The number of ether oxygens (including phenoxy) is 1. The van der Waals surface area contributed by atoms with E-state index >= 15 is 0 Å². The molecule has 25 heavy (non-hydrogen) atoms. The molecule has 3 rings (SSSR count). The Morgan fingerprint density at radius 2 is 2.08 bits per heavy atom. The second-order valence-corrected chi connectivity index (χ2v) is 5.49. The number of esters is 1. The monoisotopic (exact) mass is 338 g/mol. The van der Waals surface area contributed by atoms with Crippen molar-refractivity contribution >= 4 is 23.1 Å². The normalized spacial score (nSPS) is 11.2. The lowest BCUT2D eigenvalue weighted by molar-refractivity contribution is -0.142. The Morgan fingerprint density at radius 3 is 2.88 bits per heavy atom. The fraction of sp³-hybridized carbons (Fsp3) is 0.222. The van der Waals surface area contributed by atoms with Crippen molar-refractivity contribution in [2.45, 2.75) is 13.0 Å². The van der Waals surface area contributed by atoms with Crippen LogP contribution in [0.15, 0.2) is 53.7 Å². The van der Waals surface area contributed by atoms with Gasteiger partial charge in [0.25, 0.3) is 5.56 Å². The van der Waals surface area contributed by atoms with E-state index in [0.29, 0.717) is 11.0 Å². The molecule has 0 bridgehead atoms. The molecule has 0 aliphatic heterocycles. The van der Waals surface area contributed by atoms with Gasteiger partial charge in [0.2, 0.25) is 0 Å². The molecule has 3 aromatic rings. The average molecular weight is 338 g/mol. The van der Waals surface area contributed by atoms with Gasteiger partial charge >= 0.3 is 5.97 Å². The number of aryl methyl sites for hydroxylation is 2. The molecule has 0 saturated carbocycles. The fourth-order valence-corrected chi connectivity index (χ4v) is 2.40. The zero-order valence-electron chi connectivity index (χ0n) is 13.8. The molecule has 2 aromatic heterocycles. The Morgan fingerprint density at radius 1 is 1.28 bits per heavy atom. The van der Waals surface area contributed by atoms with Crippen molar-refractivity contribution in [3.63, 3.8) is 0 Å². The van der Waals surface area contributed by atoms with Gasteiger partial charge in [-0.3, -0.25) is 18.8 Å². The van der Waals surface area contributed by atoms with Crippen molar-refractivity contribution < 1.29 is 9.53 Å². The second-order valence-electron chi connectivity index (χ2n) is 5.49. The van der Waals surface area contributed by atoms with Crippen LogP contribution in [-0.2, 0) is 23.1 Å². The third-order valence-corrected chi connectivity index (χ3v) is 3.73. The summed E-state index contributed by atoms with van der Waals surface area (Å²) in [4.78, 5) is 28.3. The van der Waals surface area contributed by atoms with Crippen molar-refractivity contribution in [3.8, 4) is 0 Å². The van der Waals surface area contributed by atoms with E-state index in [1.54, 1.807) is 13.1 Å². The molecular formula is C18H18N4O3. The molecule has 7 nitrogen and oxygen atoms in total. The highest BCUT2D eigenvalue weighted by Gasteiger charge is 2.09. The summed E-state index contributed by atoms with van der Waals surface area (Å²) in [6.45, 7) is 0.417. The van der Waals surface area contributed by atoms with Gasteiger partial charge in [-0.05, 0) is 11.6 Å². The lowest BCUT2D eigenvalue weighted by Crippen LogP contribution is -2.22. The van der Waals surface area contributed by atoms with Crippen LogP contribution >= 0.6 is 0 Å². The van der Waals surface area contributed by atoms with Gasteiger partial charge in [0, 0.05) is 13.6 Å². The van der Waals surface area contributed by atoms with Gasteiger partial charge in [-0.25, -0.2) is 4.98 Å². The van der Waals surface area contributed by atoms with Crippen LogP contribution in [0.5, 0.6) is 0 Å². The maximum Gasteiger partial charge on any atom is 0.307 e. The summed E-state index contributed by atoms with van der Waals surface area (Å²) >= 11 is 0. The Labute approximate surface area is 144 Å². The highest BCUT2D eigenvalue weighted by molar-refractivity contribution is 5.73. The summed E-state index contributed by atoms with van der Waals surface area (Å²) in [5.74, 6) is -0.365. The zero-order chi connectivity index (χ0) is 17.6. The minimum Gasteiger partial charge on any atom is -0.461 e. The van der Waals surface area contributed by atoms with Gasteiger partial charge in [0.1, 0.15) is 12.0 Å². The van der Waals surface area contributed by atoms with Gasteiger partial charge in [0.15, 0.2) is 5.65 Å².